The van der Waals surface area contributed by atoms with Gasteiger partial charge in [0.25, 0.3) is 0 Å². The summed E-state index contributed by atoms with van der Waals surface area (Å²) in [5, 5.41) is 0. The first kappa shape index (κ1) is 17.9. The van der Waals surface area contributed by atoms with Crippen LogP contribution in [0.3, 0.4) is 0 Å². The van der Waals surface area contributed by atoms with Gasteiger partial charge in [-0.3, -0.25) is 0 Å². The summed E-state index contributed by atoms with van der Waals surface area (Å²) in [6.45, 7) is 8.85. The first-order chi connectivity index (χ1) is 11.4. The Bertz CT molecular complexity index is 714. The summed E-state index contributed by atoms with van der Waals surface area (Å²) in [5.74, 6) is -0.0242. The molecular weight excluding hydrogens is 308 g/mol. The lowest BCUT2D eigenvalue weighted by molar-refractivity contribution is -0.131. The Balaban J connectivity index is 2.26. The molecule has 5 heteroatoms. The first-order valence-electron chi connectivity index (χ1n) is 7.87. The zero-order valence-corrected chi connectivity index (χ0v) is 14.6. The monoisotopic (exact) mass is 330 g/mol. The maximum atomic E-state index is 12.0. The molecule has 0 spiro atoms. The standard InChI is InChI=1S/C19H22O5/c1-6-11(3)18(20)23-14-8-9-16(24-19(21)12(4)7-2)15(10-14)17-13(5)22-17/h6-10,13,17H,1-5H3/b11-6-,12-7-. The SMILES string of the molecule is C/C=C(/C)C(=O)Oc1ccc(OC(=O)/C(C)=C\C)c(C2OC2C)c1. The van der Waals surface area contributed by atoms with Crippen LogP contribution in [0.1, 0.15) is 46.3 Å². The Morgan fingerprint density at radius 2 is 1.58 bits per heavy atom. The molecule has 1 aliphatic heterocycles. The average Bonchev–Trinajstić information content (AvgIpc) is 3.30. The van der Waals surface area contributed by atoms with Gasteiger partial charge in [-0.05, 0) is 52.8 Å². The topological polar surface area (TPSA) is 65.1 Å². The molecule has 1 aromatic carbocycles. The summed E-state index contributed by atoms with van der Waals surface area (Å²) < 4.78 is 16.3. The number of rotatable bonds is 5. The molecule has 0 radical (unpaired) electrons. The molecule has 1 heterocycles. The van der Waals surface area contributed by atoms with E-state index < -0.39 is 11.9 Å². The number of epoxide rings is 1. The van der Waals surface area contributed by atoms with Crippen molar-refractivity contribution in [3.05, 3.63) is 47.1 Å². The van der Waals surface area contributed by atoms with Crippen LogP contribution in [0.2, 0.25) is 0 Å². The van der Waals surface area contributed by atoms with Gasteiger partial charge in [0.05, 0.1) is 6.10 Å². The largest absolute Gasteiger partial charge is 0.423 e. The predicted molar refractivity (Wildman–Crippen MR) is 89.9 cm³/mol. The third-order valence-corrected chi connectivity index (χ3v) is 3.92. The van der Waals surface area contributed by atoms with Gasteiger partial charge in [-0.15, -0.1) is 0 Å². The second-order valence-electron chi connectivity index (χ2n) is 5.68. The lowest BCUT2D eigenvalue weighted by Gasteiger charge is -2.11. The Labute approximate surface area is 141 Å². The zero-order chi connectivity index (χ0) is 17.9. The summed E-state index contributed by atoms with van der Waals surface area (Å²) >= 11 is 0. The maximum Gasteiger partial charge on any atom is 0.338 e. The number of esters is 2. The van der Waals surface area contributed by atoms with Crippen LogP contribution in [0.15, 0.2) is 41.5 Å². The van der Waals surface area contributed by atoms with Gasteiger partial charge in [-0.2, -0.15) is 0 Å². The van der Waals surface area contributed by atoms with E-state index in [1.54, 1.807) is 58.0 Å². The Hall–Kier alpha value is -2.40. The number of ether oxygens (including phenoxy) is 3. The van der Waals surface area contributed by atoms with Gasteiger partial charge in [0.2, 0.25) is 0 Å². The molecule has 0 bridgehead atoms. The number of hydrogen-bond donors (Lipinski definition) is 0. The maximum absolute atomic E-state index is 12.0. The summed E-state index contributed by atoms with van der Waals surface area (Å²) in [4.78, 5) is 23.9. The van der Waals surface area contributed by atoms with Crippen LogP contribution in [-0.2, 0) is 14.3 Å². The number of carbonyl (C=O) groups excluding carboxylic acids is 2. The van der Waals surface area contributed by atoms with Gasteiger partial charge in [-0.1, -0.05) is 12.2 Å². The fraction of sp³-hybridized carbons (Fsp3) is 0.368. The van der Waals surface area contributed by atoms with E-state index in [0.717, 1.165) is 0 Å². The molecule has 128 valence electrons. The second-order valence-corrected chi connectivity index (χ2v) is 5.68. The number of allylic oxidation sites excluding steroid dienone is 2. The van der Waals surface area contributed by atoms with E-state index >= 15 is 0 Å². The quantitative estimate of drug-likeness (QED) is 0.355. The van der Waals surface area contributed by atoms with Crippen LogP contribution >= 0.6 is 0 Å². The van der Waals surface area contributed by atoms with Crippen LogP contribution in [0.25, 0.3) is 0 Å². The number of benzene rings is 1. The predicted octanol–water partition coefficient (Wildman–Crippen LogP) is 3.89. The Kier molecular flexibility index (Phi) is 5.57. The highest BCUT2D eigenvalue weighted by atomic mass is 16.6. The highest BCUT2D eigenvalue weighted by molar-refractivity contribution is 5.90. The number of carbonyl (C=O) groups is 2. The Morgan fingerprint density at radius 3 is 2.08 bits per heavy atom. The molecule has 1 aromatic rings. The van der Waals surface area contributed by atoms with Gasteiger partial charge >= 0.3 is 11.9 Å². The van der Waals surface area contributed by atoms with Gasteiger partial charge < -0.3 is 14.2 Å². The van der Waals surface area contributed by atoms with Crippen molar-refractivity contribution in [3.63, 3.8) is 0 Å². The van der Waals surface area contributed by atoms with Crippen molar-refractivity contribution in [2.75, 3.05) is 0 Å². The molecule has 1 fully saturated rings. The van der Waals surface area contributed by atoms with E-state index in [2.05, 4.69) is 0 Å². The van der Waals surface area contributed by atoms with Crippen LogP contribution in [0, 0.1) is 0 Å². The fourth-order valence-electron chi connectivity index (χ4n) is 2.02. The minimum atomic E-state index is -0.415. The molecule has 5 nitrogen and oxygen atoms in total. The van der Waals surface area contributed by atoms with Crippen molar-refractivity contribution >= 4 is 11.9 Å². The second kappa shape index (κ2) is 7.45. The molecule has 0 N–H and O–H groups in total. The third-order valence-electron chi connectivity index (χ3n) is 3.92. The molecule has 1 aliphatic rings. The molecular formula is C19H22O5. The van der Waals surface area contributed by atoms with Gasteiger partial charge in [0, 0.05) is 16.7 Å². The highest BCUT2D eigenvalue weighted by Crippen LogP contribution is 2.44. The highest BCUT2D eigenvalue weighted by Gasteiger charge is 2.38. The van der Waals surface area contributed by atoms with Crippen molar-refractivity contribution in [1.82, 2.24) is 0 Å². The van der Waals surface area contributed by atoms with E-state index in [-0.39, 0.29) is 12.2 Å². The van der Waals surface area contributed by atoms with Crippen LogP contribution in [-0.4, -0.2) is 18.0 Å². The summed E-state index contributed by atoms with van der Waals surface area (Å²) in [6.07, 6.45) is 3.24. The number of hydrogen-bond acceptors (Lipinski definition) is 5. The molecule has 2 rings (SSSR count). The normalized spacial score (nSPS) is 20.5. The molecule has 2 unspecified atom stereocenters. The van der Waals surface area contributed by atoms with E-state index in [1.807, 2.05) is 6.92 Å². The smallest absolute Gasteiger partial charge is 0.338 e. The lowest BCUT2D eigenvalue weighted by atomic mass is 10.1. The van der Waals surface area contributed by atoms with Crippen molar-refractivity contribution in [3.8, 4) is 11.5 Å². The van der Waals surface area contributed by atoms with Gasteiger partial charge in [-0.25, -0.2) is 9.59 Å². The molecule has 0 aromatic heterocycles. The molecule has 0 amide bonds. The minimum Gasteiger partial charge on any atom is -0.423 e. The zero-order valence-electron chi connectivity index (χ0n) is 14.6. The third kappa shape index (κ3) is 4.11. The molecule has 0 aliphatic carbocycles. The summed E-state index contributed by atoms with van der Waals surface area (Å²) in [5.41, 5.74) is 1.74. The molecule has 24 heavy (non-hydrogen) atoms. The van der Waals surface area contributed by atoms with Crippen LogP contribution < -0.4 is 9.47 Å². The average molecular weight is 330 g/mol. The molecule has 0 saturated carbocycles. The van der Waals surface area contributed by atoms with Crippen molar-refractivity contribution in [1.29, 1.82) is 0 Å². The van der Waals surface area contributed by atoms with Crippen LogP contribution in [0.4, 0.5) is 0 Å². The van der Waals surface area contributed by atoms with Crippen LogP contribution in [0.5, 0.6) is 11.5 Å². The molecule has 1 saturated heterocycles. The van der Waals surface area contributed by atoms with Gasteiger partial charge in [0.15, 0.2) is 0 Å². The Morgan fingerprint density at radius 1 is 1.04 bits per heavy atom. The first-order valence-corrected chi connectivity index (χ1v) is 7.87. The summed E-state index contributed by atoms with van der Waals surface area (Å²) in [6, 6.07) is 4.91. The lowest BCUT2D eigenvalue weighted by Crippen LogP contribution is -2.12. The molecule has 2 atom stereocenters. The van der Waals surface area contributed by atoms with E-state index in [4.69, 9.17) is 14.2 Å². The van der Waals surface area contributed by atoms with E-state index in [9.17, 15) is 9.59 Å². The minimum absolute atomic E-state index is 0.0356. The van der Waals surface area contributed by atoms with Crippen molar-refractivity contribution in [2.24, 2.45) is 0 Å². The summed E-state index contributed by atoms with van der Waals surface area (Å²) in [7, 11) is 0. The van der Waals surface area contributed by atoms with Gasteiger partial charge in [0.1, 0.15) is 17.6 Å². The van der Waals surface area contributed by atoms with Crippen molar-refractivity contribution in [2.45, 2.75) is 46.8 Å². The fourth-order valence-corrected chi connectivity index (χ4v) is 2.02. The van der Waals surface area contributed by atoms with E-state index in [0.29, 0.717) is 28.2 Å². The van der Waals surface area contributed by atoms with E-state index in [1.165, 1.54) is 0 Å². The van der Waals surface area contributed by atoms with Crippen molar-refractivity contribution < 1.29 is 23.8 Å².